The zero-order valence-corrected chi connectivity index (χ0v) is 16.5. The van der Waals surface area contributed by atoms with Crippen molar-refractivity contribution in [3.8, 4) is 11.1 Å². The Morgan fingerprint density at radius 1 is 0.897 bits per heavy atom. The molecule has 146 valence electrons. The normalized spacial score (nSPS) is 15.7. The van der Waals surface area contributed by atoms with Crippen LogP contribution >= 0.6 is 0 Å². The lowest BCUT2D eigenvalue weighted by Crippen LogP contribution is -2.54. The van der Waals surface area contributed by atoms with Crippen LogP contribution in [0.25, 0.3) is 11.1 Å². The Hall–Kier alpha value is -3.24. The van der Waals surface area contributed by atoms with E-state index in [9.17, 15) is 9.59 Å². The van der Waals surface area contributed by atoms with Crippen LogP contribution in [0.15, 0.2) is 78.9 Å². The molecule has 0 saturated heterocycles. The maximum Gasteiger partial charge on any atom is 0.323 e. The number of aldehydes is 1. The lowest BCUT2D eigenvalue weighted by Gasteiger charge is -2.37. The van der Waals surface area contributed by atoms with E-state index in [-0.39, 0.29) is 0 Å². The number of esters is 1. The summed E-state index contributed by atoms with van der Waals surface area (Å²) in [5.41, 5.74) is 4.57. The molecule has 1 N–H and O–H groups in total. The molecule has 0 amide bonds. The van der Waals surface area contributed by atoms with Gasteiger partial charge in [0.15, 0.2) is 0 Å². The molecule has 1 aliphatic carbocycles. The highest BCUT2D eigenvalue weighted by Crippen LogP contribution is 2.51. The van der Waals surface area contributed by atoms with Gasteiger partial charge >= 0.3 is 5.97 Å². The van der Waals surface area contributed by atoms with Gasteiger partial charge in [-0.2, -0.15) is 0 Å². The van der Waals surface area contributed by atoms with Gasteiger partial charge in [-0.15, -0.1) is 0 Å². The van der Waals surface area contributed by atoms with E-state index in [0.29, 0.717) is 0 Å². The fraction of sp³-hybridized carbons (Fsp3) is 0.200. The van der Waals surface area contributed by atoms with E-state index < -0.39 is 23.5 Å². The van der Waals surface area contributed by atoms with Crippen molar-refractivity contribution in [1.82, 2.24) is 5.32 Å². The van der Waals surface area contributed by atoms with Gasteiger partial charge in [-0.3, -0.25) is 10.1 Å². The van der Waals surface area contributed by atoms with E-state index in [2.05, 4.69) is 29.6 Å². The van der Waals surface area contributed by atoms with Crippen LogP contribution in [-0.2, 0) is 19.9 Å². The molecule has 0 aliphatic heterocycles. The van der Waals surface area contributed by atoms with Crippen LogP contribution in [0.1, 0.15) is 23.6 Å². The average molecular weight is 385 g/mol. The van der Waals surface area contributed by atoms with Gasteiger partial charge in [0, 0.05) is 5.92 Å². The molecule has 3 aromatic rings. The standard InChI is InChI=1S/C25H23NO3/c1-17(16-27)23(24(28)29-2)26-25(18-10-4-3-5-11-18)21-14-8-6-12-19(21)20-13-7-9-15-22(20)25/h3-17,23,26H,1-2H3. The molecular weight excluding hydrogens is 362 g/mol. The van der Waals surface area contributed by atoms with E-state index in [1.54, 1.807) is 6.92 Å². The minimum Gasteiger partial charge on any atom is -0.468 e. The Kier molecular flexibility index (Phi) is 5.03. The minimum absolute atomic E-state index is 0.457. The largest absolute Gasteiger partial charge is 0.468 e. The van der Waals surface area contributed by atoms with Crippen molar-refractivity contribution in [2.45, 2.75) is 18.5 Å². The highest BCUT2D eigenvalue weighted by Gasteiger charge is 2.47. The second-order valence-electron chi connectivity index (χ2n) is 7.35. The summed E-state index contributed by atoms with van der Waals surface area (Å²) in [4.78, 5) is 24.3. The first-order valence-electron chi connectivity index (χ1n) is 9.69. The first-order valence-corrected chi connectivity index (χ1v) is 9.69. The summed E-state index contributed by atoms with van der Waals surface area (Å²) in [6, 6.07) is 25.6. The topological polar surface area (TPSA) is 55.4 Å². The summed E-state index contributed by atoms with van der Waals surface area (Å²) < 4.78 is 5.04. The Balaban J connectivity index is 2.01. The predicted octanol–water partition coefficient (Wildman–Crippen LogP) is 3.93. The highest BCUT2D eigenvalue weighted by molar-refractivity contribution is 5.85. The molecule has 0 aromatic heterocycles. The zero-order valence-electron chi connectivity index (χ0n) is 16.5. The second-order valence-corrected chi connectivity index (χ2v) is 7.35. The fourth-order valence-electron chi connectivity index (χ4n) is 4.32. The number of benzene rings is 3. The van der Waals surface area contributed by atoms with E-state index in [4.69, 9.17) is 4.74 Å². The fourth-order valence-corrected chi connectivity index (χ4v) is 4.32. The van der Waals surface area contributed by atoms with E-state index in [1.807, 2.05) is 54.6 Å². The first-order chi connectivity index (χ1) is 14.1. The number of carbonyl (C=O) groups excluding carboxylic acids is 2. The summed E-state index contributed by atoms with van der Waals surface area (Å²) in [6.45, 7) is 1.73. The Labute approximate surface area is 170 Å². The van der Waals surface area contributed by atoms with Crippen LogP contribution in [0.3, 0.4) is 0 Å². The van der Waals surface area contributed by atoms with Gasteiger partial charge in [-0.1, -0.05) is 85.8 Å². The van der Waals surface area contributed by atoms with Crippen LogP contribution in [0.2, 0.25) is 0 Å². The highest BCUT2D eigenvalue weighted by atomic mass is 16.5. The summed E-state index contributed by atoms with van der Waals surface area (Å²) in [5, 5.41) is 3.55. The maximum atomic E-state index is 12.7. The quantitative estimate of drug-likeness (QED) is 0.516. The van der Waals surface area contributed by atoms with Crippen molar-refractivity contribution in [2.24, 2.45) is 5.92 Å². The van der Waals surface area contributed by atoms with Gasteiger partial charge in [0.1, 0.15) is 12.3 Å². The molecule has 1 aliphatic rings. The van der Waals surface area contributed by atoms with Crippen molar-refractivity contribution in [3.63, 3.8) is 0 Å². The number of ether oxygens (including phenoxy) is 1. The summed E-state index contributed by atoms with van der Waals surface area (Å²) in [5.74, 6) is -1.01. The van der Waals surface area contributed by atoms with Crippen molar-refractivity contribution >= 4 is 12.3 Å². The van der Waals surface area contributed by atoms with Crippen molar-refractivity contribution in [1.29, 1.82) is 0 Å². The Morgan fingerprint density at radius 2 is 1.41 bits per heavy atom. The molecule has 29 heavy (non-hydrogen) atoms. The molecule has 4 heteroatoms. The monoisotopic (exact) mass is 385 g/mol. The van der Waals surface area contributed by atoms with Gasteiger partial charge < -0.3 is 9.53 Å². The minimum atomic E-state index is -0.795. The lowest BCUT2D eigenvalue weighted by atomic mass is 9.79. The van der Waals surface area contributed by atoms with Gasteiger partial charge in [-0.05, 0) is 27.8 Å². The van der Waals surface area contributed by atoms with Crippen LogP contribution in [0.4, 0.5) is 0 Å². The number of carbonyl (C=O) groups is 2. The number of methoxy groups -OCH3 is 1. The average Bonchev–Trinajstić information content (AvgIpc) is 3.08. The Morgan fingerprint density at radius 3 is 1.93 bits per heavy atom. The number of rotatable bonds is 6. The van der Waals surface area contributed by atoms with Crippen molar-refractivity contribution < 1.29 is 14.3 Å². The molecule has 0 radical (unpaired) electrons. The van der Waals surface area contributed by atoms with Crippen LogP contribution in [-0.4, -0.2) is 25.4 Å². The molecule has 0 heterocycles. The molecule has 2 atom stereocenters. The smallest absolute Gasteiger partial charge is 0.323 e. The molecule has 2 unspecified atom stereocenters. The molecule has 0 bridgehead atoms. The van der Waals surface area contributed by atoms with Crippen molar-refractivity contribution in [2.75, 3.05) is 7.11 Å². The second kappa shape index (κ2) is 7.64. The molecule has 0 fully saturated rings. The van der Waals surface area contributed by atoms with Gasteiger partial charge in [0.05, 0.1) is 12.6 Å². The van der Waals surface area contributed by atoms with E-state index in [1.165, 1.54) is 7.11 Å². The summed E-state index contributed by atoms with van der Waals surface area (Å²) >= 11 is 0. The first kappa shape index (κ1) is 19.1. The summed E-state index contributed by atoms with van der Waals surface area (Å²) in [7, 11) is 1.35. The third kappa shape index (κ3) is 2.97. The molecule has 0 saturated carbocycles. The van der Waals surface area contributed by atoms with Gasteiger partial charge in [0.2, 0.25) is 0 Å². The summed E-state index contributed by atoms with van der Waals surface area (Å²) in [6.07, 6.45) is 0.792. The molecule has 3 aromatic carbocycles. The van der Waals surface area contributed by atoms with Crippen LogP contribution in [0.5, 0.6) is 0 Å². The SMILES string of the molecule is COC(=O)C(NC1(c2ccccc2)c2ccccc2-c2ccccc21)C(C)C=O. The van der Waals surface area contributed by atoms with Crippen LogP contribution in [0, 0.1) is 5.92 Å². The molecular formula is C25H23NO3. The van der Waals surface area contributed by atoms with Crippen LogP contribution < -0.4 is 5.32 Å². The number of hydrogen-bond acceptors (Lipinski definition) is 4. The molecule has 4 rings (SSSR count). The zero-order chi connectivity index (χ0) is 20.4. The van der Waals surface area contributed by atoms with Gasteiger partial charge in [-0.25, -0.2) is 0 Å². The van der Waals surface area contributed by atoms with Gasteiger partial charge in [0.25, 0.3) is 0 Å². The molecule has 4 nitrogen and oxygen atoms in total. The number of fused-ring (bicyclic) bond motifs is 3. The Bertz CT molecular complexity index is 999. The number of hydrogen-bond donors (Lipinski definition) is 1. The molecule has 0 spiro atoms. The lowest BCUT2D eigenvalue weighted by molar-refractivity contribution is -0.146. The maximum absolute atomic E-state index is 12.7. The van der Waals surface area contributed by atoms with Crippen molar-refractivity contribution in [3.05, 3.63) is 95.6 Å². The van der Waals surface area contributed by atoms with E-state index >= 15 is 0 Å². The van der Waals surface area contributed by atoms with E-state index in [0.717, 1.165) is 34.1 Å². The predicted molar refractivity (Wildman–Crippen MR) is 112 cm³/mol. The number of nitrogens with one attached hydrogen (secondary N) is 1. The third-order valence-electron chi connectivity index (χ3n) is 5.73. The third-order valence-corrected chi connectivity index (χ3v) is 5.73.